The van der Waals surface area contributed by atoms with Crippen LogP contribution in [0.4, 0.5) is 0 Å². The maximum absolute atomic E-state index is 12.0. The summed E-state index contributed by atoms with van der Waals surface area (Å²) in [7, 11) is 0. The molecular formula is C11H16O2S. The lowest BCUT2D eigenvalue weighted by Gasteiger charge is -2.22. The molecule has 1 N–H and O–H groups in total. The van der Waals surface area contributed by atoms with E-state index in [9.17, 15) is 9.90 Å². The van der Waals surface area contributed by atoms with E-state index in [0.29, 0.717) is 17.7 Å². The molecule has 0 amide bonds. The van der Waals surface area contributed by atoms with Crippen LogP contribution in [-0.4, -0.2) is 16.5 Å². The number of thiophene rings is 1. The highest BCUT2D eigenvalue weighted by Crippen LogP contribution is 2.26. The van der Waals surface area contributed by atoms with E-state index < -0.39 is 5.60 Å². The average Bonchev–Trinajstić information content (AvgIpc) is 2.62. The fourth-order valence-electron chi connectivity index (χ4n) is 1.39. The molecule has 0 aliphatic rings. The predicted octanol–water partition coefficient (Wildman–Crippen LogP) is 2.79. The smallest absolute Gasteiger partial charge is 0.204 e. The third-order valence-electron chi connectivity index (χ3n) is 2.66. The number of aryl methyl sites for hydroxylation is 1. The first-order valence-corrected chi connectivity index (χ1v) is 5.74. The molecule has 1 rings (SSSR count). The molecule has 0 unspecified atom stereocenters. The van der Waals surface area contributed by atoms with Crippen LogP contribution in [0.3, 0.4) is 0 Å². The van der Waals surface area contributed by atoms with Crippen molar-refractivity contribution in [2.75, 3.05) is 0 Å². The SMILES string of the molecule is CCC(O)(CC)C(=O)c1sccc1C. The highest BCUT2D eigenvalue weighted by Gasteiger charge is 2.33. The van der Waals surface area contributed by atoms with Gasteiger partial charge < -0.3 is 5.11 Å². The van der Waals surface area contributed by atoms with E-state index in [1.54, 1.807) is 0 Å². The van der Waals surface area contributed by atoms with Gasteiger partial charge in [-0.3, -0.25) is 4.79 Å². The number of hydrogen-bond acceptors (Lipinski definition) is 3. The normalized spacial score (nSPS) is 11.7. The summed E-state index contributed by atoms with van der Waals surface area (Å²) >= 11 is 1.41. The van der Waals surface area contributed by atoms with Gasteiger partial charge in [0.25, 0.3) is 0 Å². The molecule has 0 saturated carbocycles. The van der Waals surface area contributed by atoms with Crippen LogP contribution in [-0.2, 0) is 0 Å². The second kappa shape index (κ2) is 4.24. The minimum absolute atomic E-state index is 0.130. The summed E-state index contributed by atoms with van der Waals surface area (Å²) in [6, 6.07) is 1.91. The van der Waals surface area contributed by atoms with Crippen molar-refractivity contribution in [3.63, 3.8) is 0 Å². The first-order valence-electron chi connectivity index (χ1n) is 4.86. The summed E-state index contributed by atoms with van der Waals surface area (Å²) in [6.07, 6.45) is 0.944. The van der Waals surface area contributed by atoms with Gasteiger partial charge in [0.1, 0.15) is 5.60 Å². The van der Waals surface area contributed by atoms with Gasteiger partial charge in [0.05, 0.1) is 4.88 Å². The van der Waals surface area contributed by atoms with Gasteiger partial charge in [0.2, 0.25) is 5.78 Å². The Morgan fingerprint density at radius 3 is 2.43 bits per heavy atom. The first kappa shape index (κ1) is 11.4. The monoisotopic (exact) mass is 212 g/mol. The van der Waals surface area contributed by atoms with Crippen LogP contribution in [0.2, 0.25) is 0 Å². The number of Topliss-reactive ketones (excluding diaryl/α,β-unsaturated/α-hetero) is 1. The van der Waals surface area contributed by atoms with Gasteiger partial charge in [0.15, 0.2) is 0 Å². The fourth-order valence-corrected chi connectivity index (χ4v) is 2.35. The van der Waals surface area contributed by atoms with Gasteiger partial charge in [0, 0.05) is 0 Å². The minimum atomic E-state index is -1.17. The molecule has 1 aromatic rings. The lowest BCUT2D eigenvalue weighted by molar-refractivity contribution is 0.0281. The lowest BCUT2D eigenvalue weighted by Crippen LogP contribution is -2.37. The number of hydrogen-bond donors (Lipinski definition) is 1. The molecular weight excluding hydrogens is 196 g/mol. The van der Waals surface area contributed by atoms with Gasteiger partial charge in [-0.25, -0.2) is 0 Å². The Morgan fingerprint density at radius 2 is 2.07 bits per heavy atom. The maximum atomic E-state index is 12.0. The van der Waals surface area contributed by atoms with Gasteiger partial charge >= 0.3 is 0 Å². The number of rotatable bonds is 4. The standard InChI is InChI=1S/C11H16O2S/c1-4-11(13,5-2)10(12)9-8(3)6-7-14-9/h6-7,13H,4-5H2,1-3H3. The Labute approximate surface area is 88.6 Å². The van der Waals surface area contributed by atoms with Crippen LogP contribution in [0.15, 0.2) is 11.4 Å². The van der Waals surface area contributed by atoms with Crippen LogP contribution in [0.25, 0.3) is 0 Å². The summed E-state index contributed by atoms with van der Waals surface area (Å²) in [5.41, 5.74) is -0.212. The lowest BCUT2D eigenvalue weighted by atomic mass is 9.90. The summed E-state index contributed by atoms with van der Waals surface area (Å²) in [4.78, 5) is 12.7. The number of carbonyl (C=O) groups is 1. The summed E-state index contributed by atoms with van der Waals surface area (Å²) < 4.78 is 0. The molecule has 0 radical (unpaired) electrons. The van der Waals surface area contributed by atoms with E-state index in [2.05, 4.69) is 0 Å². The molecule has 78 valence electrons. The third-order valence-corrected chi connectivity index (χ3v) is 3.68. The highest BCUT2D eigenvalue weighted by atomic mass is 32.1. The minimum Gasteiger partial charge on any atom is -0.382 e. The van der Waals surface area contributed by atoms with Crippen molar-refractivity contribution < 1.29 is 9.90 Å². The Kier molecular flexibility index (Phi) is 3.45. The zero-order valence-electron chi connectivity index (χ0n) is 8.83. The molecule has 0 bridgehead atoms. The predicted molar refractivity (Wildman–Crippen MR) is 58.9 cm³/mol. The molecule has 0 spiro atoms. The average molecular weight is 212 g/mol. The van der Waals surface area contributed by atoms with Crippen LogP contribution in [0.5, 0.6) is 0 Å². The highest BCUT2D eigenvalue weighted by molar-refractivity contribution is 7.12. The van der Waals surface area contributed by atoms with Crippen molar-refractivity contribution in [2.45, 2.75) is 39.2 Å². The van der Waals surface area contributed by atoms with Crippen molar-refractivity contribution in [1.82, 2.24) is 0 Å². The van der Waals surface area contributed by atoms with Crippen molar-refractivity contribution in [3.8, 4) is 0 Å². The molecule has 0 aromatic carbocycles. The van der Waals surface area contributed by atoms with E-state index in [1.165, 1.54) is 11.3 Å². The van der Waals surface area contributed by atoms with Crippen molar-refractivity contribution in [2.24, 2.45) is 0 Å². The molecule has 3 heteroatoms. The van der Waals surface area contributed by atoms with Gasteiger partial charge in [-0.1, -0.05) is 13.8 Å². The van der Waals surface area contributed by atoms with E-state index >= 15 is 0 Å². The summed E-state index contributed by atoms with van der Waals surface area (Å²) in [5.74, 6) is -0.130. The Bertz CT molecular complexity index is 324. The van der Waals surface area contributed by atoms with Crippen molar-refractivity contribution in [1.29, 1.82) is 0 Å². The number of carbonyl (C=O) groups excluding carboxylic acids is 1. The fraction of sp³-hybridized carbons (Fsp3) is 0.545. The zero-order chi connectivity index (χ0) is 10.8. The van der Waals surface area contributed by atoms with Gasteiger partial charge in [-0.05, 0) is 36.8 Å². The second-order valence-corrected chi connectivity index (χ2v) is 4.42. The molecule has 0 aliphatic carbocycles. The largest absolute Gasteiger partial charge is 0.382 e. The summed E-state index contributed by atoms with van der Waals surface area (Å²) in [5, 5.41) is 11.9. The number of aliphatic hydroxyl groups is 1. The van der Waals surface area contributed by atoms with Gasteiger partial charge in [-0.15, -0.1) is 11.3 Å². The molecule has 0 atom stereocenters. The van der Waals surface area contributed by atoms with Gasteiger partial charge in [-0.2, -0.15) is 0 Å². The van der Waals surface area contributed by atoms with E-state index in [-0.39, 0.29) is 5.78 Å². The zero-order valence-corrected chi connectivity index (χ0v) is 9.65. The maximum Gasteiger partial charge on any atom is 0.204 e. The van der Waals surface area contributed by atoms with Crippen LogP contribution >= 0.6 is 11.3 Å². The van der Waals surface area contributed by atoms with E-state index in [0.717, 1.165) is 5.56 Å². The van der Waals surface area contributed by atoms with E-state index in [4.69, 9.17) is 0 Å². The first-order chi connectivity index (χ1) is 6.55. The Balaban J connectivity index is 3.01. The molecule has 2 nitrogen and oxygen atoms in total. The Hall–Kier alpha value is -0.670. The topological polar surface area (TPSA) is 37.3 Å². The van der Waals surface area contributed by atoms with Crippen molar-refractivity contribution >= 4 is 17.1 Å². The third kappa shape index (κ3) is 1.88. The second-order valence-electron chi connectivity index (χ2n) is 3.50. The molecule has 0 saturated heterocycles. The summed E-state index contributed by atoms with van der Waals surface area (Å²) in [6.45, 7) is 5.57. The molecule has 0 fully saturated rings. The molecule has 1 heterocycles. The van der Waals surface area contributed by atoms with E-state index in [1.807, 2.05) is 32.2 Å². The van der Waals surface area contributed by atoms with Crippen LogP contribution in [0.1, 0.15) is 41.9 Å². The molecule has 0 aliphatic heterocycles. The molecule has 1 aromatic heterocycles. The molecule has 14 heavy (non-hydrogen) atoms. The van der Waals surface area contributed by atoms with Crippen LogP contribution in [0, 0.1) is 6.92 Å². The van der Waals surface area contributed by atoms with Crippen LogP contribution < -0.4 is 0 Å². The Morgan fingerprint density at radius 1 is 1.50 bits per heavy atom. The van der Waals surface area contributed by atoms with Crippen molar-refractivity contribution in [3.05, 3.63) is 21.9 Å². The quantitative estimate of drug-likeness (QED) is 0.779. The number of ketones is 1.